The Morgan fingerprint density at radius 2 is 1.67 bits per heavy atom. The lowest BCUT2D eigenvalue weighted by atomic mass is 10.1. The molecule has 0 aromatic heterocycles. The zero-order valence-electron chi connectivity index (χ0n) is 13.3. The third-order valence-electron chi connectivity index (χ3n) is 3.30. The molecule has 0 bridgehead atoms. The van der Waals surface area contributed by atoms with Gasteiger partial charge >= 0.3 is 0 Å². The quantitative estimate of drug-likeness (QED) is 0.790. The Labute approximate surface area is 145 Å². The van der Waals surface area contributed by atoms with Crippen molar-refractivity contribution >= 4 is 23.4 Å². The molecular formula is C18H19ClN2O3. The Kier molecular flexibility index (Phi) is 6.63. The van der Waals surface area contributed by atoms with Crippen molar-refractivity contribution in [2.45, 2.75) is 19.8 Å². The first-order valence-electron chi connectivity index (χ1n) is 7.65. The Hall–Kier alpha value is -2.53. The fourth-order valence-electron chi connectivity index (χ4n) is 2.04. The van der Waals surface area contributed by atoms with Crippen molar-refractivity contribution in [3.63, 3.8) is 0 Å². The van der Waals surface area contributed by atoms with Crippen LogP contribution in [0.5, 0.6) is 5.75 Å². The van der Waals surface area contributed by atoms with E-state index in [0.29, 0.717) is 29.4 Å². The SMILES string of the molecule is CCOc1ccc(C(=O)NNC(=O)CCc2ccc(Cl)cc2)cc1. The van der Waals surface area contributed by atoms with Crippen molar-refractivity contribution in [1.82, 2.24) is 10.9 Å². The van der Waals surface area contributed by atoms with Crippen LogP contribution in [0.15, 0.2) is 48.5 Å². The van der Waals surface area contributed by atoms with Crippen LogP contribution in [0.1, 0.15) is 29.3 Å². The van der Waals surface area contributed by atoms with E-state index in [9.17, 15) is 9.59 Å². The van der Waals surface area contributed by atoms with Crippen LogP contribution in [0.25, 0.3) is 0 Å². The fourth-order valence-corrected chi connectivity index (χ4v) is 2.17. The van der Waals surface area contributed by atoms with Gasteiger partial charge in [0.15, 0.2) is 0 Å². The smallest absolute Gasteiger partial charge is 0.269 e. The van der Waals surface area contributed by atoms with Crippen LogP contribution in [0.2, 0.25) is 5.02 Å². The monoisotopic (exact) mass is 346 g/mol. The zero-order chi connectivity index (χ0) is 17.4. The molecule has 0 fully saturated rings. The van der Waals surface area contributed by atoms with Crippen LogP contribution in [-0.4, -0.2) is 18.4 Å². The first kappa shape index (κ1) is 17.8. The summed E-state index contributed by atoms with van der Waals surface area (Å²) in [5.74, 6) is 0.0585. The number of ether oxygens (including phenoxy) is 1. The third kappa shape index (κ3) is 5.59. The van der Waals surface area contributed by atoms with Crippen molar-refractivity contribution in [1.29, 1.82) is 0 Å². The highest BCUT2D eigenvalue weighted by Gasteiger charge is 2.08. The largest absolute Gasteiger partial charge is 0.494 e. The maximum absolute atomic E-state index is 11.9. The van der Waals surface area contributed by atoms with Crippen LogP contribution < -0.4 is 15.6 Å². The topological polar surface area (TPSA) is 67.4 Å². The Morgan fingerprint density at radius 1 is 1.00 bits per heavy atom. The van der Waals surface area contributed by atoms with Gasteiger partial charge in [-0.1, -0.05) is 23.7 Å². The highest BCUT2D eigenvalue weighted by molar-refractivity contribution is 6.30. The Bertz CT molecular complexity index is 684. The van der Waals surface area contributed by atoms with Gasteiger partial charge < -0.3 is 4.74 Å². The molecule has 126 valence electrons. The number of hydrogen-bond donors (Lipinski definition) is 2. The fraction of sp³-hybridized carbons (Fsp3) is 0.222. The number of amides is 2. The molecule has 24 heavy (non-hydrogen) atoms. The van der Waals surface area contributed by atoms with Crippen molar-refractivity contribution in [3.8, 4) is 5.75 Å². The summed E-state index contributed by atoms with van der Waals surface area (Å²) in [5.41, 5.74) is 6.25. The number of aryl methyl sites for hydroxylation is 1. The minimum atomic E-state index is -0.377. The molecule has 5 nitrogen and oxygen atoms in total. The van der Waals surface area contributed by atoms with Crippen molar-refractivity contribution < 1.29 is 14.3 Å². The van der Waals surface area contributed by atoms with Crippen LogP contribution in [0.4, 0.5) is 0 Å². The van der Waals surface area contributed by atoms with Gasteiger partial charge in [-0.3, -0.25) is 20.4 Å². The molecule has 0 saturated heterocycles. The van der Waals surface area contributed by atoms with E-state index >= 15 is 0 Å². The second-order valence-corrected chi connectivity index (χ2v) is 5.52. The standard InChI is InChI=1S/C18H19ClN2O3/c1-2-24-16-10-6-14(7-11-16)18(23)21-20-17(22)12-5-13-3-8-15(19)9-4-13/h3-4,6-11H,2,5,12H2,1H3,(H,20,22)(H,21,23). The van der Waals surface area contributed by atoms with Crippen molar-refractivity contribution in [2.75, 3.05) is 6.61 Å². The molecule has 0 saturated carbocycles. The van der Waals surface area contributed by atoms with Crippen molar-refractivity contribution in [2.24, 2.45) is 0 Å². The number of benzene rings is 2. The molecule has 0 heterocycles. The van der Waals surface area contributed by atoms with Gasteiger partial charge in [-0.15, -0.1) is 0 Å². The maximum atomic E-state index is 11.9. The summed E-state index contributed by atoms with van der Waals surface area (Å²) in [6, 6.07) is 14.0. The number of rotatable bonds is 6. The number of halogens is 1. The van der Waals surface area contributed by atoms with Crippen LogP contribution in [0, 0.1) is 0 Å². The van der Waals surface area contributed by atoms with E-state index in [1.54, 1.807) is 36.4 Å². The summed E-state index contributed by atoms with van der Waals surface area (Å²) >= 11 is 5.81. The van der Waals surface area contributed by atoms with Gasteiger partial charge in [0.25, 0.3) is 5.91 Å². The molecule has 0 aliphatic carbocycles. The molecule has 6 heteroatoms. The van der Waals surface area contributed by atoms with E-state index in [1.807, 2.05) is 19.1 Å². The van der Waals surface area contributed by atoms with E-state index < -0.39 is 0 Å². The normalized spacial score (nSPS) is 10.1. The van der Waals surface area contributed by atoms with Gasteiger partial charge in [0.2, 0.25) is 5.91 Å². The highest BCUT2D eigenvalue weighted by atomic mass is 35.5. The molecule has 2 rings (SSSR count). The molecule has 0 aliphatic rings. The van der Waals surface area contributed by atoms with E-state index in [0.717, 1.165) is 5.56 Å². The molecule has 2 aromatic rings. The predicted molar refractivity (Wildman–Crippen MR) is 93.0 cm³/mol. The van der Waals surface area contributed by atoms with Crippen molar-refractivity contribution in [3.05, 3.63) is 64.7 Å². The Morgan fingerprint density at radius 3 is 2.29 bits per heavy atom. The van der Waals surface area contributed by atoms with Crippen LogP contribution in [-0.2, 0) is 11.2 Å². The molecule has 0 aliphatic heterocycles. The first-order valence-corrected chi connectivity index (χ1v) is 8.02. The number of nitrogens with one attached hydrogen (secondary N) is 2. The summed E-state index contributed by atoms with van der Waals surface area (Å²) in [6.07, 6.45) is 0.840. The summed E-state index contributed by atoms with van der Waals surface area (Å²) in [4.78, 5) is 23.7. The molecule has 2 N–H and O–H groups in total. The third-order valence-corrected chi connectivity index (χ3v) is 3.55. The summed E-state index contributed by atoms with van der Waals surface area (Å²) in [7, 11) is 0. The van der Waals surface area contributed by atoms with Gasteiger partial charge in [0.1, 0.15) is 5.75 Å². The van der Waals surface area contributed by atoms with Gasteiger partial charge in [0, 0.05) is 17.0 Å². The van der Waals surface area contributed by atoms with Crippen LogP contribution in [0.3, 0.4) is 0 Å². The van der Waals surface area contributed by atoms with E-state index in [4.69, 9.17) is 16.3 Å². The first-order chi connectivity index (χ1) is 11.6. The zero-order valence-corrected chi connectivity index (χ0v) is 14.1. The minimum Gasteiger partial charge on any atom is -0.494 e. The highest BCUT2D eigenvalue weighted by Crippen LogP contribution is 2.12. The van der Waals surface area contributed by atoms with E-state index in [-0.39, 0.29) is 18.2 Å². The van der Waals surface area contributed by atoms with E-state index in [2.05, 4.69) is 10.9 Å². The van der Waals surface area contributed by atoms with E-state index in [1.165, 1.54) is 0 Å². The number of hydrazine groups is 1. The number of carbonyl (C=O) groups excluding carboxylic acids is 2. The molecule has 2 amide bonds. The summed E-state index contributed by atoms with van der Waals surface area (Å²) in [5, 5.41) is 0.658. The maximum Gasteiger partial charge on any atom is 0.269 e. The average Bonchev–Trinajstić information content (AvgIpc) is 2.60. The lowest BCUT2D eigenvalue weighted by Crippen LogP contribution is -2.41. The second-order valence-electron chi connectivity index (χ2n) is 5.09. The molecule has 0 unspecified atom stereocenters. The minimum absolute atomic E-state index is 0.260. The van der Waals surface area contributed by atoms with Gasteiger partial charge in [0.05, 0.1) is 6.61 Å². The van der Waals surface area contributed by atoms with Gasteiger partial charge in [-0.05, 0) is 55.3 Å². The average molecular weight is 347 g/mol. The Balaban J connectivity index is 1.76. The molecule has 0 atom stereocenters. The summed E-state index contributed by atoms with van der Waals surface area (Å²) in [6.45, 7) is 2.45. The van der Waals surface area contributed by atoms with Gasteiger partial charge in [-0.25, -0.2) is 0 Å². The second kappa shape index (κ2) is 8.93. The number of hydrogen-bond acceptors (Lipinski definition) is 3. The lowest BCUT2D eigenvalue weighted by Gasteiger charge is -2.08. The lowest BCUT2D eigenvalue weighted by molar-refractivity contribution is -0.121. The molecule has 2 aromatic carbocycles. The molecule has 0 spiro atoms. The predicted octanol–water partition coefficient (Wildman–Crippen LogP) is 3.13. The van der Waals surface area contributed by atoms with Crippen LogP contribution >= 0.6 is 11.6 Å². The molecule has 0 radical (unpaired) electrons. The summed E-state index contributed by atoms with van der Waals surface area (Å²) < 4.78 is 5.31. The van der Waals surface area contributed by atoms with Gasteiger partial charge in [-0.2, -0.15) is 0 Å². The number of carbonyl (C=O) groups is 2. The molecular weight excluding hydrogens is 328 g/mol.